The van der Waals surface area contributed by atoms with Crippen LogP contribution in [0.25, 0.3) is 0 Å². The molecule has 0 saturated carbocycles. The van der Waals surface area contributed by atoms with E-state index in [0.29, 0.717) is 0 Å². The third-order valence-corrected chi connectivity index (χ3v) is 1.73. The fraction of sp³-hybridized carbons (Fsp3) is 0.778. The molecule has 2 heteroatoms. The summed E-state index contributed by atoms with van der Waals surface area (Å²) in [6.45, 7) is 2.67. The monoisotopic (exact) mass is 154 g/mol. The molecule has 0 aromatic rings. The Bertz CT molecular complexity index is 142. The predicted octanol–water partition coefficient (Wildman–Crippen LogP) is 1.55. The molecule has 0 bridgehead atoms. The van der Waals surface area contributed by atoms with Gasteiger partial charge in [0.25, 0.3) is 0 Å². The van der Waals surface area contributed by atoms with Crippen molar-refractivity contribution in [3.63, 3.8) is 0 Å². The minimum atomic E-state index is -0.127. The van der Waals surface area contributed by atoms with E-state index in [1.807, 2.05) is 6.92 Å². The highest BCUT2D eigenvalue weighted by Gasteiger charge is 2.15. The van der Waals surface area contributed by atoms with E-state index in [1.54, 1.807) is 0 Å². The fourth-order valence-electron chi connectivity index (χ4n) is 1.09. The van der Waals surface area contributed by atoms with Crippen molar-refractivity contribution in [3.05, 3.63) is 0 Å². The van der Waals surface area contributed by atoms with Crippen LogP contribution in [-0.2, 0) is 9.47 Å². The number of hydrogen-bond acceptors (Lipinski definition) is 2. The molecule has 0 aliphatic carbocycles. The zero-order valence-corrected chi connectivity index (χ0v) is 6.88. The zero-order chi connectivity index (χ0) is 8.10. The van der Waals surface area contributed by atoms with E-state index in [0.717, 1.165) is 19.4 Å². The predicted molar refractivity (Wildman–Crippen MR) is 43.0 cm³/mol. The highest BCUT2D eigenvalue weighted by molar-refractivity contribution is 4.91. The van der Waals surface area contributed by atoms with Gasteiger partial charge in [0, 0.05) is 6.61 Å². The highest BCUT2D eigenvalue weighted by Crippen LogP contribution is 2.14. The van der Waals surface area contributed by atoms with Gasteiger partial charge in [-0.15, -0.1) is 6.42 Å². The summed E-state index contributed by atoms with van der Waals surface area (Å²) in [6, 6.07) is 0. The van der Waals surface area contributed by atoms with Gasteiger partial charge in [0.2, 0.25) is 0 Å². The van der Waals surface area contributed by atoms with Crippen molar-refractivity contribution in [1.29, 1.82) is 0 Å². The molecule has 0 amide bonds. The largest absolute Gasteiger partial charge is 0.353 e. The van der Waals surface area contributed by atoms with Crippen LogP contribution in [0.4, 0.5) is 0 Å². The van der Waals surface area contributed by atoms with Gasteiger partial charge in [-0.3, -0.25) is 0 Å². The minimum Gasteiger partial charge on any atom is -0.353 e. The molecule has 1 rings (SSSR count). The summed E-state index contributed by atoms with van der Waals surface area (Å²) in [5.41, 5.74) is 0. The van der Waals surface area contributed by atoms with Gasteiger partial charge in [-0.05, 0) is 26.2 Å². The lowest BCUT2D eigenvalue weighted by Crippen LogP contribution is -2.25. The van der Waals surface area contributed by atoms with Gasteiger partial charge < -0.3 is 9.47 Å². The summed E-state index contributed by atoms with van der Waals surface area (Å²) in [6.07, 6.45) is 8.28. The maximum atomic E-state index is 5.38. The number of ether oxygens (including phenoxy) is 2. The van der Waals surface area contributed by atoms with Crippen molar-refractivity contribution in [1.82, 2.24) is 0 Å². The summed E-state index contributed by atoms with van der Waals surface area (Å²) >= 11 is 0. The van der Waals surface area contributed by atoms with E-state index < -0.39 is 0 Å². The molecule has 2 nitrogen and oxygen atoms in total. The third-order valence-electron chi connectivity index (χ3n) is 1.73. The quantitative estimate of drug-likeness (QED) is 0.562. The van der Waals surface area contributed by atoms with Crippen molar-refractivity contribution >= 4 is 0 Å². The molecule has 1 fully saturated rings. The standard InChI is InChI=1S/C9H14O2/c1-3-8(2)11-9-6-4-5-7-10-9/h1,8-9H,4-7H2,2H3/t8-,9+/m0/s1. The first-order chi connectivity index (χ1) is 5.33. The van der Waals surface area contributed by atoms with Gasteiger partial charge in [0.05, 0.1) is 0 Å². The summed E-state index contributed by atoms with van der Waals surface area (Å²) in [5.74, 6) is 2.51. The van der Waals surface area contributed by atoms with Crippen LogP contribution in [-0.4, -0.2) is 19.0 Å². The van der Waals surface area contributed by atoms with E-state index in [2.05, 4.69) is 5.92 Å². The molecular weight excluding hydrogens is 140 g/mol. The van der Waals surface area contributed by atoms with E-state index in [-0.39, 0.29) is 12.4 Å². The molecule has 0 aromatic heterocycles. The van der Waals surface area contributed by atoms with Crippen LogP contribution in [0.1, 0.15) is 26.2 Å². The Hall–Kier alpha value is -0.520. The second-order valence-corrected chi connectivity index (χ2v) is 2.74. The fourth-order valence-corrected chi connectivity index (χ4v) is 1.09. The zero-order valence-electron chi connectivity index (χ0n) is 6.88. The lowest BCUT2D eigenvalue weighted by Gasteiger charge is -2.23. The van der Waals surface area contributed by atoms with Crippen molar-refractivity contribution in [2.24, 2.45) is 0 Å². The summed E-state index contributed by atoms with van der Waals surface area (Å²) in [7, 11) is 0. The maximum absolute atomic E-state index is 5.38. The SMILES string of the molecule is C#C[C@H](C)O[C@@H]1CCCCO1. The van der Waals surface area contributed by atoms with Gasteiger partial charge in [-0.1, -0.05) is 5.92 Å². The molecule has 0 radical (unpaired) electrons. The Morgan fingerprint density at radius 3 is 3.00 bits per heavy atom. The lowest BCUT2D eigenvalue weighted by molar-refractivity contribution is -0.173. The van der Waals surface area contributed by atoms with Crippen LogP contribution in [0.5, 0.6) is 0 Å². The van der Waals surface area contributed by atoms with E-state index in [9.17, 15) is 0 Å². The molecule has 1 aliphatic rings. The molecule has 1 saturated heterocycles. The average molecular weight is 154 g/mol. The van der Waals surface area contributed by atoms with Crippen LogP contribution in [0, 0.1) is 12.3 Å². The van der Waals surface area contributed by atoms with Crippen LogP contribution in [0.15, 0.2) is 0 Å². The molecular formula is C9H14O2. The Morgan fingerprint density at radius 1 is 1.64 bits per heavy atom. The molecule has 2 atom stereocenters. The van der Waals surface area contributed by atoms with Crippen LogP contribution in [0.2, 0.25) is 0 Å². The average Bonchev–Trinajstić information content (AvgIpc) is 2.06. The molecule has 1 heterocycles. The van der Waals surface area contributed by atoms with Crippen LogP contribution in [0.3, 0.4) is 0 Å². The normalized spacial score (nSPS) is 27.5. The molecule has 62 valence electrons. The van der Waals surface area contributed by atoms with E-state index >= 15 is 0 Å². The minimum absolute atomic E-state index is 0.0604. The molecule has 0 unspecified atom stereocenters. The summed E-state index contributed by atoms with van der Waals surface area (Å²) in [4.78, 5) is 0. The van der Waals surface area contributed by atoms with Crippen molar-refractivity contribution in [2.45, 2.75) is 38.6 Å². The van der Waals surface area contributed by atoms with E-state index in [4.69, 9.17) is 15.9 Å². The van der Waals surface area contributed by atoms with Crippen molar-refractivity contribution in [2.75, 3.05) is 6.61 Å². The molecule has 11 heavy (non-hydrogen) atoms. The van der Waals surface area contributed by atoms with Crippen molar-refractivity contribution in [3.8, 4) is 12.3 Å². The first kappa shape index (κ1) is 8.58. The van der Waals surface area contributed by atoms with Crippen LogP contribution < -0.4 is 0 Å². The Kier molecular flexibility index (Phi) is 3.41. The molecule has 0 N–H and O–H groups in total. The number of hydrogen-bond donors (Lipinski definition) is 0. The second kappa shape index (κ2) is 4.38. The number of terminal acetylenes is 1. The third kappa shape index (κ3) is 2.92. The molecule has 0 spiro atoms. The highest BCUT2D eigenvalue weighted by atomic mass is 16.7. The summed E-state index contributed by atoms with van der Waals surface area (Å²) < 4.78 is 10.7. The smallest absolute Gasteiger partial charge is 0.159 e. The first-order valence-electron chi connectivity index (χ1n) is 4.06. The Labute approximate surface area is 67.9 Å². The lowest BCUT2D eigenvalue weighted by atomic mass is 10.2. The van der Waals surface area contributed by atoms with Gasteiger partial charge in [0.15, 0.2) is 6.29 Å². The van der Waals surface area contributed by atoms with Gasteiger partial charge in [-0.2, -0.15) is 0 Å². The first-order valence-corrected chi connectivity index (χ1v) is 4.06. The number of rotatable bonds is 2. The van der Waals surface area contributed by atoms with Crippen molar-refractivity contribution < 1.29 is 9.47 Å². The second-order valence-electron chi connectivity index (χ2n) is 2.74. The van der Waals surface area contributed by atoms with Gasteiger partial charge >= 0.3 is 0 Å². The Balaban J connectivity index is 2.20. The molecule has 0 aromatic carbocycles. The van der Waals surface area contributed by atoms with Crippen LogP contribution >= 0.6 is 0 Å². The van der Waals surface area contributed by atoms with E-state index in [1.165, 1.54) is 6.42 Å². The van der Waals surface area contributed by atoms with Gasteiger partial charge in [-0.25, -0.2) is 0 Å². The topological polar surface area (TPSA) is 18.5 Å². The van der Waals surface area contributed by atoms with Gasteiger partial charge in [0.1, 0.15) is 6.10 Å². The maximum Gasteiger partial charge on any atom is 0.159 e. The Morgan fingerprint density at radius 2 is 2.45 bits per heavy atom. The molecule has 1 aliphatic heterocycles. The summed E-state index contributed by atoms with van der Waals surface area (Å²) in [5, 5.41) is 0.